The van der Waals surface area contributed by atoms with Crippen LogP contribution in [-0.2, 0) is 11.3 Å². The Morgan fingerprint density at radius 3 is 2.54 bits per heavy atom. The van der Waals surface area contributed by atoms with Gasteiger partial charge in [-0.05, 0) is 65.6 Å². The lowest BCUT2D eigenvalue weighted by Gasteiger charge is -2.27. The van der Waals surface area contributed by atoms with Crippen molar-refractivity contribution in [1.82, 2.24) is 9.97 Å². The summed E-state index contributed by atoms with van der Waals surface area (Å²) in [5.41, 5.74) is 5.99. The molecule has 1 fully saturated rings. The lowest BCUT2D eigenvalue weighted by Crippen LogP contribution is -2.37. The molecule has 4 aromatic rings. The first-order valence-corrected chi connectivity index (χ1v) is 12.0. The van der Waals surface area contributed by atoms with Crippen molar-refractivity contribution < 1.29 is 14.2 Å². The molecule has 0 bridgehead atoms. The molecular formula is C28H27FN6O2. The lowest BCUT2D eigenvalue weighted by atomic mass is 10.0. The lowest BCUT2D eigenvalue weighted by molar-refractivity contribution is 0.122. The first-order valence-electron chi connectivity index (χ1n) is 12.0. The van der Waals surface area contributed by atoms with E-state index in [0.29, 0.717) is 32.8 Å². The van der Waals surface area contributed by atoms with Crippen LogP contribution in [0.3, 0.4) is 0 Å². The van der Waals surface area contributed by atoms with Gasteiger partial charge in [-0.3, -0.25) is 0 Å². The molecule has 0 spiro atoms. The number of phenolic OH excluding ortho intramolecular Hbond substituents is 1. The van der Waals surface area contributed by atoms with Crippen LogP contribution >= 0.6 is 0 Å². The Balaban J connectivity index is 1.21. The van der Waals surface area contributed by atoms with Crippen molar-refractivity contribution in [2.24, 2.45) is 10.2 Å². The first kappa shape index (κ1) is 24.3. The van der Waals surface area contributed by atoms with E-state index in [1.807, 2.05) is 60.4 Å². The second-order valence-corrected chi connectivity index (χ2v) is 8.73. The van der Waals surface area contributed by atoms with Crippen LogP contribution < -0.4 is 10.2 Å². The highest BCUT2D eigenvalue weighted by Gasteiger charge is 2.17. The van der Waals surface area contributed by atoms with Gasteiger partial charge < -0.3 is 20.1 Å². The smallest absolute Gasteiger partial charge is 0.270 e. The number of aryl methyl sites for hydroxylation is 1. The van der Waals surface area contributed by atoms with Gasteiger partial charge in [0.2, 0.25) is 0 Å². The maximum Gasteiger partial charge on any atom is 0.270 e. The summed E-state index contributed by atoms with van der Waals surface area (Å²) in [5.74, 6) is 0.133. The van der Waals surface area contributed by atoms with Crippen LogP contribution in [0.4, 0.5) is 27.5 Å². The van der Waals surface area contributed by atoms with E-state index in [2.05, 4.69) is 31.6 Å². The Morgan fingerprint density at radius 2 is 1.78 bits per heavy atom. The fourth-order valence-corrected chi connectivity index (χ4v) is 4.12. The quantitative estimate of drug-likeness (QED) is 0.296. The van der Waals surface area contributed by atoms with Crippen LogP contribution in [0.1, 0.15) is 11.1 Å². The predicted molar refractivity (Wildman–Crippen MR) is 141 cm³/mol. The van der Waals surface area contributed by atoms with Crippen LogP contribution in [0.15, 0.2) is 83.2 Å². The summed E-state index contributed by atoms with van der Waals surface area (Å²) in [6.07, 6.45) is 1.13. The fourth-order valence-electron chi connectivity index (χ4n) is 4.12. The van der Waals surface area contributed by atoms with E-state index in [9.17, 15) is 9.50 Å². The summed E-state index contributed by atoms with van der Waals surface area (Å²) in [6, 6.07) is 21.3. The van der Waals surface area contributed by atoms with Crippen molar-refractivity contribution in [3.63, 3.8) is 0 Å². The van der Waals surface area contributed by atoms with E-state index in [4.69, 9.17) is 4.74 Å². The van der Waals surface area contributed by atoms with E-state index in [0.717, 1.165) is 39.8 Å². The van der Waals surface area contributed by atoms with E-state index in [-0.39, 0.29) is 17.5 Å². The minimum atomic E-state index is -0.478. The van der Waals surface area contributed by atoms with E-state index >= 15 is 0 Å². The monoisotopic (exact) mass is 498 g/mol. The number of aromatic nitrogens is 2. The predicted octanol–water partition coefficient (Wildman–Crippen LogP) is 6.16. The number of rotatable bonds is 7. The van der Waals surface area contributed by atoms with Crippen molar-refractivity contribution in [2.75, 3.05) is 36.5 Å². The second-order valence-electron chi connectivity index (χ2n) is 8.73. The number of ether oxygens (including phenoxy) is 1. The molecule has 0 aliphatic carbocycles. The van der Waals surface area contributed by atoms with Gasteiger partial charge in [-0.1, -0.05) is 30.3 Å². The van der Waals surface area contributed by atoms with Crippen molar-refractivity contribution in [2.45, 2.75) is 13.5 Å². The topological polar surface area (TPSA) is 95.2 Å². The van der Waals surface area contributed by atoms with Crippen LogP contribution in [0.25, 0.3) is 11.1 Å². The Labute approximate surface area is 214 Å². The number of azo groups is 1. The van der Waals surface area contributed by atoms with Gasteiger partial charge in [-0.15, -0.1) is 5.11 Å². The SMILES string of the molecule is Cc1cc(Nc2ccc(-c3cccc(O)c3)cc2)ccc1CN=Nc1ncc(F)c(N2CCOCC2)n1. The second kappa shape index (κ2) is 11.1. The Morgan fingerprint density at radius 1 is 1.00 bits per heavy atom. The first-order chi connectivity index (χ1) is 18.0. The summed E-state index contributed by atoms with van der Waals surface area (Å²) in [6.45, 7) is 4.60. The van der Waals surface area contributed by atoms with Crippen molar-refractivity contribution in [3.05, 3.63) is 89.9 Å². The molecule has 3 aromatic carbocycles. The summed E-state index contributed by atoms with van der Waals surface area (Å²) in [5, 5.41) is 21.5. The number of halogens is 1. The van der Waals surface area contributed by atoms with Crippen molar-refractivity contribution in [1.29, 1.82) is 0 Å². The molecule has 0 unspecified atom stereocenters. The number of phenols is 1. The molecule has 0 atom stereocenters. The molecule has 8 nitrogen and oxygen atoms in total. The molecule has 1 aliphatic rings. The summed E-state index contributed by atoms with van der Waals surface area (Å²) in [4.78, 5) is 10.0. The maximum absolute atomic E-state index is 14.2. The molecule has 0 radical (unpaired) electrons. The number of hydrogen-bond donors (Lipinski definition) is 2. The zero-order valence-corrected chi connectivity index (χ0v) is 20.4. The van der Waals surface area contributed by atoms with Crippen LogP contribution in [0.5, 0.6) is 5.75 Å². The largest absolute Gasteiger partial charge is 0.508 e. The number of aromatic hydroxyl groups is 1. The standard InChI is InChI=1S/C28H27FN6O2/c1-19-15-24(32-23-8-5-20(6-9-23)21-3-2-4-25(36)16-21)10-7-22(19)17-31-34-28-30-18-26(29)27(33-28)35-11-13-37-14-12-35/h2-10,15-16,18,32,36H,11-14,17H2,1H3. The minimum Gasteiger partial charge on any atom is -0.508 e. The van der Waals surface area contributed by atoms with Crippen LogP contribution in [-0.4, -0.2) is 41.4 Å². The van der Waals surface area contributed by atoms with Crippen LogP contribution in [0, 0.1) is 12.7 Å². The highest BCUT2D eigenvalue weighted by molar-refractivity contribution is 5.69. The Hall–Kier alpha value is -4.37. The average Bonchev–Trinajstić information content (AvgIpc) is 2.92. The number of nitrogens with one attached hydrogen (secondary N) is 1. The molecule has 2 N–H and O–H groups in total. The van der Waals surface area contributed by atoms with E-state index in [1.54, 1.807) is 12.1 Å². The number of morpholine rings is 1. The fraction of sp³-hybridized carbons (Fsp3) is 0.214. The number of anilines is 3. The molecule has 1 saturated heterocycles. The van der Waals surface area contributed by atoms with E-state index in [1.165, 1.54) is 0 Å². The highest BCUT2D eigenvalue weighted by Crippen LogP contribution is 2.27. The summed E-state index contributed by atoms with van der Waals surface area (Å²) in [7, 11) is 0. The van der Waals surface area contributed by atoms with Gasteiger partial charge in [-0.25, -0.2) is 9.37 Å². The number of hydrogen-bond acceptors (Lipinski definition) is 8. The van der Waals surface area contributed by atoms with Gasteiger partial charge in [0.1, 0.15) is 5.75 Å². The van der Waals surface area contributed by atoms with Gasteiger partial charge in [-0.2, -0.15) is 10.1 Å². The molecule has 37 heavy (non-hydrogen) atoms. The van der Waals surface area contributed by atoms with Gasteiger partial charge in [0, 0.05) is 24.5 Å². The molecule has 5 rings (SSSR count). The molecule has 9 heteroatoms. The molecule has 0 saturated carbocycles. The van der Waals surface area contributed by atoms with E-state index < -0.39 is 5.82 Å². The molecule has 188 valence electrons. The van der Waals surface area contributed by atoms with Crippen LogP contribution in [0.2, 0.25) is 0 Å². The zero-order valence-electron chi connectivity index (χ0n) is 20.4. The van der Waals surface area contributed by atoms with Gasteiger partial charge >= 0.3 is 0 Å². The molecule has 0 amide bonds. The van der Waals surface area contributed by atoms with Gasteiger partial charge in [0.05, 0.1) is 26.0 Å². The highest BCUT2D eigenvalue weighted by atomic mass is 19.1. The zero-order chi connectivity index (χ0) is 25.6. The maximum atomic E-state index is 14.2. The van der Waals surface area contributed by atoms with Crippen molar-refractivity contribution in [3.8, 4) is 16.9 Å². The third-order valence-corrected chi connectivity index (χ3v) is 6.12. The number of benzene rings is 3. The Kier molecular flexibility index (Phi) is 7.32. The normalized spacial score (nSPS) is 13.7. The third kappa shape index (κ3) is 6.07. The molecular weight excluding hydrogens is 471 g/mol. The Bertz CT molecular complexity index is 1400. The van der Waals surface area contributed by atoms with Gasteiger partial charge in [0.25, 0.3) is 5.95 Å². The van der Waals surface area contributed by atoms with Gasteiger partial charge in [0.15, 0.2) is 11.6 Å². The van der Waals surface area contributed by atoms with Crippen molar-refractivity contribution >= 4 is 23.1 Å². The molecule has 1 aliphatic heterocycles. The third-order valence-electron chi connectivity index (χ3n) is 6.12. The number of nitrogens with zero attached hydrogens (tertiary/aromatic N) is 5. The summed E-state index contributed by atoms with van der Waals surface area (Å²) >= 11 is 0. The molecule has 1 aromatic heterocycles. The average molecular weight is 499 g/mol. The molecule has 2 heterocycles. The summed E-state index contributed by atoms with van der Waals surface area (Å²) < 4.78 is 19.5. The minimum absolute atomic E-state index is 0.132.